The highest BCUT2D eigenvalue weighted by molar-refractivity contribution is 5.07. The van der Waals surface area contributed by atoms with E-state index < -0.39 is 5.79 Å². The van der Waals surface area contributed by atoms with Crippen molar-refractivity contribution in [3.05, 3.63) is 0 Å². The molecule has 0 radical (unpaired) electrons. The van der Waals surface area contributed by atoms with E-state index in [1.807, 2.05) is 0 Å². The van der Waals surface area contributed by atoms with Crippen molar-refractivity contribution in [3.63, 3.8) is 0 Å². The number of epoxide rings is 1. The zero-order valence-electron chi connectivity index (χ0n) is 6.77. The number of aliphatic hydroxyl groups excluding tert-OH is 2. The average molecular weight is 176 g/mol. The first-order valence-electron chi connectivity index (χ1n) is 3.87. The Bertz CT molecular complexity index is 179. The van der Waals surface area contributed by atoms with Crippen LogP contribution in [-0.4, -0.2) is 54.6 Å². The monoisotopic (exact) mass is 176 g/mol. The van der Waals surface area contributed by atoms with Crippen molar-refractivity contribution in [2.24, 2.45) is 0 Å². The van der Waals surface area contributed by atoms with E-state index in [4.69, 9.17) is 24.4 Å². The molecule has 2 heterocycles. The molecule has 2 fully saturated rings. The molecule has 0 aromatic rings. The van der Waals surface area contributed by atoms with Gasteiger partial charge in [0.1, 0.15) is 24.9 Å². The molecule has 0 unspecified atom stereocenters. The van der Waals surface area contributed by atoms with Gasteiger partial charge < -0.3 is 24.4 Å². The van der Waals surface area contributed by atoms with Gasteiger partial charge in [-0.1, -0.05) is 0 Å². The summed E-state index contributed by atoms with van der Waals surface area (Å²) in [7, 11) is 1.45. The molecule has 2 N–H and O–H groups in total. The quantitative estimate of drug-likeness (QED) is 0.511. The summed E-state index contributed by atoms with van der Waals surface area (Å²) < 4.78 is 15.5. The number of fused-ring (bicyclic) bond motifs is 1. The summed E-state index contributed by atoms with van der Waals surface area (Å²) in [4.78, 5) is 0. The molecule has 0 bridgehead atoms. The molecule has 2 aliphatic rings. The van der Waals surface area contributed by atoms with Crippen LogP contribution in [0.1, 0.15) is 0 Å². The van der Waals surface area contributed by atoms with E-state index in [0.29, 0.717) is 0 Å². The third kappa shape index (κ3) is 0.915. The SMILES string of the molecule is CO[C@@]1(CO)O[C@H](CO)[C@@H]2O[C@@H]21. The highest BCUT2D eigenvalue weighted by Gasteiger charge is 2.67. The Morgan fingerprint density at radius 1 is 1.50 bits per heavy atom. The van der Waals surface area contributed by atoms with Gasteiger partial charge in [0, 0.05) is 7.11 Å². The third-order valence-corrected chi connectivity index (χ3v) is 2.42. The van der Waals surface area contributed by atoms with Gasteiger partial charge in [-0.05, 0) is 0 Å². The fourth-order valence-electron chi connectivity index (χ4n) is 1.65. The van der Waals surface area contributed by atoms with Gasteiger partial charge in [0.2, 0.25) is 5.79 Å². The first kappa shape index (κ1) is 8.40. The predicted molar refractivity (Wildman–Crippen MR) is 37.4 cm³/mol. The van der Waals surface area contributed by atoms with Crippen molar-refractivity contribution in [1.29, 1.82) is 0 Å². The van der Waals surface area contributed by atoms with Crippen LogP contribution in [0.25, 0.3) is 0 Å². The molecule has 5 heteroatoms. The van der Waals surface area contributed by atoms with Crippen LogP contribution in [0.3, 0.4) is 0 Å². The van der Waals surface area contributed by atoms with E-state index in [1.165, 1.54) is 7.11 Å². The Morgan fingerprint density at radius 3 is 2.58 bits per heavy atom. The van der Waals surface area contributed by atoms with E-state index in [-0.39, 0.29) is 31.5 Å². The minimum absolute atomic E-state index is 0.105. The van der Waals surface area contributed by atoms with Crippen LogP contribution in [0.2, 0.25) is 0 Å². The molecule has 2 rings (SSSR count). The number of aliphatic hydroxyl groups is 2. The van der Waals surface area contributed by atoms with Crippen LogP contribution in [0.5, 0.6) is 0 Å². The van der Waals surface area contributed by atoms with Gasteiger partial charge in [-0.25, -0.2) is 0 Å². The highest BCUT2D eigenvalue weighted by Crippen LogP contribution is 2.46. The lowest BCUT2D eigenvalue weighted by molar-refractivity contribution is -0.266. The van der Waals surface area contributed by atoms with Crippen LogP contribution in [0.4, 0.5) is 0 Å². The van der Waals surface area contributed by atoms with Crippen LogP contribution in [-0.2, 0) is 14.2 Å². The number of hydrogen-bond donors (Lipinski definition) is 2. The number of methoxy groups -OCH3 is 1. The Kier molecular flexibility index (Phi) is 1.85. The van der Waals surface area contributed by atoms with Gasteiger partial charge in [-0.3, -0.25) is 0 Å². The first-order chi connectivity index (χ1) is 5.77. The zero-order valence-corrected chi connectivity index (χ0v) is 6.77. The predicted octanol–water partition coefficient (Wildman–Crippen LogP) is -1.52. The third-order valence-electron chi connectivity index (χ3n) is 2.42. The summed E-state index contributed by atoms with van der Waals surface area (Å²) in [6.45, 7) is -0.354. The molecule has 2 aliphatic heterocycles. The van der Waals surface area contributed by atoms with E-state index in [1.54, 1.807) is 0 Å². The van der Waals surface area contributed by atoms with E-state index in [9.17, 15) is 0 Å². The highest BCUT2D eigenvalue weighted by atomic mass is 16.8. The number of ether oxygens (including phenoxy) is 3. The maximum Gasteiger partial charge on any atom is 0.221 e. The number of hydrogen-bond acceptors (Lipinski definition) is 5. The first-order valence-corrected chi connectivity index (χ1v) is 3.87. The van der Waals surface area contributed by atoms with Crippen molar-refractivity contribution >= 4 is 0 Å². The zero-order chi connectivity index (χ0) is 8.77. The van der Waals surface area contributed by atoms with E-state index >= 15 is 0 Å². The molecule has 0 aliphatic carbocycles. The summed E-state index contributed by atoms with van der Waals surface area (Å²) in [6.07, 6.45) is -0.686. The van der Waals surface area contributed by atoms with Gasteiger partial charge in [0.15, 0.2) is 0 Å². The van der Waals surface area contributed by atoms with Crippen molar-refractivity contribution < 1.29 is 24.4 Å². The standard InChI is InChI=1S/C7H12O5/c1-10-7(3-9)6-5(11-6)4(2-8)12-7/h4-6,8-9H,2-3H2,1H3/t4-,5+,6+,7+/m1/s1. The van der Waals surface area contributed by atoms with Crippen LogP contribution in [0.15, 0.2) is 0 Å². The summed E-state index contributed by atoms with van der Waals surface area (Å²) in [5.74, 6) is -1.04. The lowest BCUT2D eigenvalue weighted by atomic mass is 10.1. The molecule has 4 atom stereocenters. The molecule has 0 saturated carbocycles. The molecule has 5 nitrogen and oxygen atoms in total. The molecule has 12 heavy (non-hydrogen) atoms. The second-order valence-corrected chi connectivity index (χ2v) is 3.03. The summed E-state index contributed by atoms with van der Waals surface area (Å²) in [5.41, 5.74) is 0. The van der Waals surface area contributed by atoms with Crippen LogP contribution < -0.4 is 0 Å². The molecule has 0 aromatic carbocycles. The van der Waals surface area contributed by atoms with Gasteiger partial charge in [0.05, 0.1) is 6.61 Å². The molecule has 70 valence electrons. The fourth-order valence-corrected chi connectivity index (χ4v) is 1.65. The van der Waals surface area contributed by atoms with Crippen molar-refractivity contribution in [1.82, 2.24) is 0 Å². The largest absolute Gasteiger partial charge is 0.394 e. The second kappa shape index (κ2) is 2.65. The Morgan fingerprint density at radius 2 is 2.25 bits per heavy atom. The summed E-state index contributed by atoms with van der Waals surface area (Å²) in [5, 5.41) is 17.9. The minimum atomic E-state index is -1.04. The Balaban J connectivity index is 2.10. The van der Waals surface area contributed by atoms with Gasteiger partial charge in [-0.2, -0.15) is 0 Å². The average Bonchev–Trinajstić information content (AvgIpc) is 2.85. The van der Waals surface area contributed by atoms with Crippen molar-refractivity contribution in [2.75, 3.05) is 20.3 Å². The second-order valence-electron chi connectivity index (χ2n) is 3.03. The van der Waals surface area contributed by atoms with E-state index in [2.05, 4.69) is 0 Å². The molecule has 2 saturated heterocycles. The van der Waals surface area contributed by atoms with Crippen molar-refractivity contribution in [3.8, 4) is 0 Å². The van der Waals surface area contributed by atoms with Crippen LogP contribution in [0, 0.1) is 0 Å². The summed E-state index contributed by atoms with van der Waals surface area (Å²) >= 11 is 0. The van der Waals surface area contributed by atoms with Gasteiger partial charge in [0.25, 0.3) is 0 Å². The summed E-state index contributed by atoms with van der Waals surface area (Å²) in [6, 6.07) is 0. The molecule has 0 aromatic heterocycles. The maximum absolute atomic E-state index is 9.02. The molecular formula is C7H12O5. The lowest BCUT2D eigenvalue weighted by Crippen LogP contribution is -2.43. The molecule has 0 spiro atoms. The lowest BCUT2D eigenvalue weighted by Gasteiger charge is -2.27. The van der Waals surface area contributed by atoms with Crippen molar-refractivity contribution in [2.45, 2.75) is 24.1 Å². The molecular weight excluding hydrogens is 164 g/mol. The van der Waals surface area contributed by atoms with E-state index in [0.717, 1.165) is 0 Å². The topological polar surface area (TPSA) is 71.5 Å². The maximum atomic E-state index is 9.02. The fraction of sp³-hybridized carbons (Fsp3) is 1.00. The van der Waals surface area contributed by atoms with Crippen LogP contribution >= 0.6 is 0 Å². The Labute approximate surface area is 69.8 Å². The normalized spacial score (nSPS) is 50.8. The smallest absolute Gasteiger partial charge is 0.221 e. The number of rotatable bonds is 3. The van der Waals surface area contributed by atoms with Gasteiger partial charge in [-0.15, -0.1) is 0 Å². The molecule has 0 amide bonds. The minimum Gasteiger partial charge on any atom is -0.394 e. The Hall–Kier alpha value is -0.200. The van der Waals surface area contributed by atoms with Gasteiger partial charge >= 0.3 is 0 Å².